The number of anilines is 1. The van der Waals surface area contributed by atoms with Crippen molar-refractivity contribution < 1.29 is 4.74 Å². The summed E-state index contributed by atoms with van der Waals surface area (Å²) in [7, 11) is 1.76. The fraction of sp³-hybridized carbons (Fsp3) is 0.562. The van der Waals surface area contributed by atoms with Crippen molar-refractivity contribution in [2.75, 3.05) is 12.8 Å². The molecule has 108 valence electrons. The normalized spacial score (nSPS) is 25.2. The lowest BCUT2D eigenvalue weighted by molar-refractivity contribution is 0.241. The van der Waals surface area contributed by atoms with Crippen molar-refractivity contribution >= 4 is 16.5 Å². The van der Waals surface area contributed by atoms with Crippen LogP contribution in [0.4, 0.5) is 5.13 Å². The number of nitrogens with two attached hydrogens (primary N) is 1. The maximum Gasteiger partial charge on any atom is 0.180 e. The largest absolute Gasteiger partial charge is 0.501 e. The van der Waals surface area contributed by atoms with Gasteiger partial charge >= 0.3 is 0 Å². The zero-order valence-corrected chi connectivity index (χ0v) is 13.0. The quantitative estimate of drug-likeness (QED) is 0.914. The summed E-state index contributed by atoms with van der Waals surface area (Å²) in [5.74, 6) is 1.54. The summed E-state index contributed by atoms with van der Waals surface area (Å²) in [5.41, 5.74) is 8.68. The minimum Gasteiger partial charge on any atom is -0.501 e. The fourth-order valence-electron chi connectivity index (χ4n) is 3.70. The van der Waals surface area contributed by atoms with Gasteiger partial charge in [0.1, 0.15) is 0 Å². The van der Waals surface area contributed by atoms with Gasteiger partial charge in [-0.1, -0.05) is 31.4 Å². The fourth-order valence-corrected chi connectivity index (χ4v) is 4.36. The van der Waals surface area contributed by atoms with Gasteiger partial charge in [0.15, 0.2) is 5.13 Å². The highest BCUT2D eigenvalue weighted by atomic mass is 32.1. The Morgan fingerprint density at radius 3 is 2.65 bits per heavy atom. The first-order chi connectivity index (χ1) is 9.65. The molecule has 1 aromatic rings. The highest BCUT2D eigenvalue weighted by Crippen LogP contribution is 2.50. The molecule has 0 aromatic carbocycles. The molecule has 2 aliphatic rings. The minimum atomic E-state index is 0.123. The Labute approximate surface area is 124 Å². The number of thiazole rings is 1. The topological polar surface area (TPSA) is 48.1 Å². The molecule has 20 heavy (non-hydrogen) atoms. The summed E-state index contributed by atoms with van der Waals surface area (Å²) in [6.45, 7) is 2.24. The molecule has 2 aliphatic carbocycles. The standard InChI is InChI=1S/C16H22N2OS/c1-11-9-12(5-6-13(11)19-2)16(7-3-4-8-16)14-10-20-15(17)18-14/h5-6,10-11H,3-4,7-9H2,1-2H3,(H2,17,18). The molecular formula is C16H22N2OS. The molecular weight excluding hydrogens is 268 g/mol. The third-order valence-electron chi connectivity index (χ3n) is 4.78. The monoisotopic (exact) mass is 290 g/mol. The van der Waals surface area contributed by atoms with Crippen molar-refractivity contribution in [3.05, 3.63) is 34.6 Å². The van der Waals surface area contributed by atoms with Gasteiger partial charge in [-0.3, -0.25) is 0 Å². The van der Waals surface area contributed by atoms with E-state index < -0.39 is 0 Å². The lowest BCUT2D eigenvalue weighted by Gasteiger charge is -2.34. The molecule has 2 N–H and O–H groups in total. The van der Waals surface area contributed by atoms with Crippen LogP contribution in [-0.4, -0.2) is 12.1 Å². The Morgan fingerprint density at radius 2 is 2.10 bits per heavy atom. The number of ether oxygens (including phenoxy) is 1. The summed E-state index contributed by atoms with van der Waals surface area (Å²) < 4.78 is 5.44. The van der Waals surface area contributed by atoms with Gasteiger partial charge in [-0.15, -0.1) is 11.3 Å². The van der Waals surface area contributed by atoms with Crippen LogP contribution in [0.15, 0.2) is 28.9 Å². The molecule has 0 radical (unpaired) electrons. The van der Waals surface area contributed by atoms with Gasteiger partial charge < -0.3 is 10.5 Å². The van der Waals surface area contributed by atoms with Crippen molar-refractivity contribution in [2.45, 2.75) is 44.4 Å². The van der Waals surface area contributed by atoms with Crippen LogP contribution in [0, 0.1) is 5.92 Å². The molecule has 0 bridgehead atoms. The number of hydrogen-bond donors (Lipinski definition) is 1. The Hall–Kier alpha value is -1.29. The predicted octanol–water partition coefficient (Wildman–Crippen LogP) is 4.03. The van der Waals surface area contributed by atoms with Crippen LogP contribution in [0.5, 0.6) is 0 Å². The van der Waals surface area contributed by atoms with Gasteiger partial charge in [0.2, 0.25) is 0 Å². The smallest absolute Gasteiger partial charge is 0.180 e. The molecule has 1 saturated carbocycles. The van der Waals surface area contributed by atoms with Crippen LogP contribution in [0.2, 0.25) is 0 Å². The number of allylic oxidation sites excluding steroid dienone is 4. The molecule has 3 nitrogen and oxygen atoms in total. The van der Waals surface area contributed by atoms with Crippen LogP contribution in [0.1, 0.15) is 44.7 Å². The number of nitrogens with zero attached hydrogens (tertiary/aromatic N) is 1. The van der Waals surface area contributed by atoms with Gasteiger partial charge in [0.25, 0.3) is 0 Å². The maximum absolute atomic E-state index is 5.86. The predicted molar refractivity (Wildman–Crippen MR) is 83.6 cm³/mol. The molecule has 1 aromatic heterocycles. The minimum absolute atomic E-state index is 0.123. The number of hydrogen-bond acceptors (Lipinski definition) is 4. The van der Waals surface area contributed by atoms with E-state index in [2.05, 4.69) is 29.4 Å². The molecule has 1 heterocycles. The van der Waals surface area contributed by atoms with Crippen LogP contribution < -0.4 is 5.73 Å². The third-order valence-corrected chi connectivity index (χ3v) is 5.45. The van der Waals surface area contributed by atoms with E-state index in [-0.39, 0.29) is 5.41 Å². The van der Waals surface area contributed by atoms with Crippen molar-refractivity contribution in [2.24, 2.45) is 5.92 Å². The Morgan fingerprint density at radius 1 is 1.35 bits per heavy atom. The van der Waals surface area contributed by atoms with Crippen LogP contribution in [0.3, 0.4) is 0 Å². The van der Waals surface area contributed by atoms with Crippen molar-refractivity contribution in [1.29, 1.82) is 0 Å². The van der Waals surface area contributed by atoms with E-state index in [4.69, 9.17) is 10.5 Å². The molecule has 0 saturated heterocycles. The van der Waals surface area contributed by atoms with Gasteiger partial charge in [-0.05, 0) is 25.3 Å². The molecule has 1 fully saturated rings. The second-order valence-corrected chi connectivity index (χ2v) is 6.82. The van der Waals surface area contributed by atoms with E-state index in [1.54, 1.807) is 18.4 Å². The van der Waals surface area contributed by atoms with Crippen molar-refractivity contribution in [3.8, 4) is 0 Å². The average molecular weight is 290 g/mol. The van der Waals surface area contributed by atoms with E-state index in [0.29, 0.717) is 11.0 Å². The first-order valence-corrected chi connectivity index (χ1v) is 8.20. The molecule has 0 aliphatic heterocycles. The van der Waals surface area contributed by atoms with Crippen molar-refractivity contribution in [3.63, 3.8) is 0 Å². The summed E-state index contributed by atoms with van der Waals surface area (Å²) in [4.78, 5) is 4.61. The molecule has 3 rings (SSSR count). The van der Waals surface area contributed by atoms with E-state index in [0.717, 1.165) is 12.2 Å². The van der Waals surface area contributed by atoms with Crippen molar-refractivity contribution in [1.82, 2.24) is 4.98 Å². The van der Waals surface area contributed by atoms with Crippen LogP contribution >= 0.6 is 11.3 Å². The summed E-state index contributed by atoms with van der Waals surface area (Å²) in [6, 6.07) is 0. The lowest BCUT2D eigenvalue weighted by atomic mass is 9.71. The van der Waals surface area contributed by atoms with E-state index >= 15 is 0 Å². The Balaban J connectivity index is 2.00. The Bertz CT molecular complexity index is 553. The Kier molecular flexibility index (Phi) is 3.59. The maximum atomic E-state index is 5.86. The highest BCUT2D eigenvalue weighted by Gasteiger charge is 2.42. The van der Waals surface area contributed by atoms with Gasteiger partial charge in [0.05, 0.1) is 18.6 Å². The summed E-state index contributed by atoms with van der Waals surface area (Å²) >= 11 is 1.56. The van der Waals surface area contributed by atoms with E-state index in [1.165, 1.54) is 37.0 Å². The first-order valence-electron chi connectivity index (χ1n) is 7.32. The number of rotatable bonds is 3. The number of methoxy groups -OCH3 is 1. The number of nitrogen functional groups attached to an aromatic ring is 1. The summed E-state index contributed by atoms with van der Waals surface area (Å²) in [5, 5.41) is 2.84. The lowest BCUT2D eigenvalue weighted by Crippen LogP contribution is -2.28. The van der Waals surface area contributed by atoms with Gasteiger partial charge in [-0.25, -0.2) is 4.98 Å². The molecule has 4 heteroatoms. The number of aromatic nitrogens is 1. The van der Waals surface area contributed by atoms with E-state index in [9.17, 15) is 0 Å². The van der Waals surface area contributed by atoms with E-state index in [1.807, 2.05) is 0 Å². The molecule has 1 atom stereocenters. The zero-order valence-electron chi connectivity index (χ0n) is 12.2. The molecule has 0 spiro atoms. The zero-order chi connectivity index (χ0) is 14.2. The van der Waals surface area contributed by atoms with Crippen LogP contribution in [0.25, 0.3) is 0 Å². The second-order valence-electron chi connectivity index (χ2n) is 5.93. The SMILES string of the molecule is COC1=CC=C(C2(c3csc(N)n3)CCCC2)CC1C. The van der Waals surface area contributed by atoms with Crippen LogP contribution in [-0.2, 0) is 10.2 Å². The summed E-state index contributed by atoms with van der Waals surface area (Å²) in [6.07, 6.45) is 10.4. The molecule has 0 amide bonds. The van der Waals surface area contributed by atoms with Gasteiger partial charge in [0, 0.05) is 16.7 Å². The third kappa shape index (κ3) is 2.16. The first kappa shape index (κ1) is 13.7. The highest BCUT2D eigenvalue weighted by molar-refractivity contribution is 7.13. The second kappa shape index (κ2) is 5.24. The average Bonchev–Trinajstić information content (AvgIpc) is 3.08. The van der Waals surface area contributed by atoms with Gasteiger partial charge in [-0.2, -0.15) is 0 Å². The molecule has 1 unspecified atom stereocenters.